The predicted molar refractivity (Wildman–Crippen MR) is 62.9 cm³/mol. The minimum absolute atomic E-state index is 0.567. The third kappa shape index (κ3) is 3.25. The normalized spacial score (nSPS) is 11.1. The Labute approximate surface area is 92.9 Å². The molecule has 1 aromatic rings. The molecule has 0 fully saturated rings. The van der Waals surface area contributed by atoms with Crippen LogP contribution in [0.15, 0.2) is 28.7 Å². The van der Waals surface area contributed by atoms with E-state index in [-0.39, 0.29) is 0 Å². The van der Waals surface area contributed by atoms with E-state index in [1.54, 1.807) is 7.11 Å². The monoisotopic (exact) mass is 255 g/mol. The fraction of sp³-hybridized carbons (Fsp3) is 0.273. The Morgan fingerprint density at radius 2 is 2.29 bits per heavy atom. The molecule has 0 amide bonds. The average molecular weight is 256 g/mol. The van der Waals surface area contributed by atoms with Crippen LogP contribution in [0, 0.1) is 0 Å². The smallest absolute Gasteiger partial charge is 0.0724 e. The van der Waals surface area contributed by atoms with Crippen LogP contribution in [0.1, 0.15) is 11.1 Å². The lowest BCUT2D eigenvalue weighted by molar-refractivity contribution is 0.184. The molecule has 76 valence electrons. The van der Waals surface area contributed by atoms with Crippen LogP contribution in [-0.2, 0) is 11.3 Å². The molecule has 0 unspecified atom stereocenters. The maximum absolute atomic E-state index is 5.37. The fourth-order valence-electron chi connectivity index (χ4n) is 1.14. The van der Waals surface area contributed by atoms with E-state index in [0.29, 0.717) is 13.2 Å². The van der Waals surface area contributed by atoms with Gasteiger partial charge in [-0.05, 0) is 17.2 Å². The highest BCUT2D eigenvalue weighted by atomic mass is 79.9. The molecule has 0 aliphatic carbocycles. The molecule has 3 heteroatoms. The molecule has 2 N–H and O–H groups in total. The molecule has 0 aromatic heterocycles. The van der Waals surface area contributed by atoms with Gasteiger partial charge in [-0.25, -0.2) is 0 Å². The lowest BCUT2D eigenvalue weighted by Gasteiger charge is -2.03. The van der Waals surface area contributed by atoms with Crippen molar-refractivity contribution in [1.29, 1.82) is 0 Å². The first kappa shape index (κ1) is 11.4. The minimum atomic E-state index is 0.567. The number of methoxy groups -OCH3 is 1. The van der Waals surface area contributed by atoms with Crippen molar-refractivity contribution in [2.24, 2.45) is 5.73 Å². The number of hydrogen-bond acceptors (Lipinski definition) is 2. The molecule has 0 atom stereocenters. The van der Waals surface area contributed by atoms with Gasteiger partial charge in [0.05, 0.1) is 6.61 Å². The predicted octanol–water partition coefficient (Wildman–Crippen LogP) is 2.57. The number of hydrogen-bond donors (Lipinski definition) is 1. The Morgan fingerprint density at radius 1 is 1.50 bits per heavy atom. The van der Waals surface area contributed by atoms with Crippen molar-refractivity contribution >= 4 is 22.0 Å². The second-order valence-electron chi connectivity index (χ2n) is 2.92. The average Bonchev–Trinajstić information content (AvgIpc) is 2.19. The molecular weight excluding hydrogens is 242 g/mol. The molecule has 0 heterocycles. The van der Waals surface area contributed by atoms with Gasteiger partial charge in [-0.2, -0.15) is 0 Å². The molecule has 0 radical (unpaired) electrons. The van der Waals surface area contributed by atoms with Gasteiger partial charge in [-0.1, -0.05) is 40.2 Å². The zero-order valence-electron chi connectivity index (χ0n) is 8.16. The van der Waals surface area contributed by atoms with Crippen molar-refractivity contribution in [3.63, 3.8) is 0 Å². The lowest BCUT2D eigenvalue weighted by atomic mass is 10.1. The Hall–Kier alpha value is -0.640. The summed E-state index contributed by atoms with van der Waals surface area (Å²) in [7, 11) is 1.69. The van der Waals surface area contributed by atoms with Gasteiger partial charge in [0.25, 0.3) is 0 Å². The highest BCUT2D eigenvalue weighted by molar-refractivity contribution is 9.10. The van der Waals surface area contributed by atoms with Gasteiger partial charge in [0.2, 0.25) is 0 Å². The summed E-state index contributed by atoms with van der Waals surface area (Å²) < 4.78 is 6.13. The second kappa shape index (κ2) is 5.96. The summed E-state index contributed by atoms with van der Waals surface area (Å²) in [5.74, 6) is 0. The summed E-state index contributed by atoms with van der Waals surface area (Å²) in [4.78, 5) is 0. The Balaban J connectivity index is 2.83. The van der Waals surface area contributed by atoms with E-state index in [9.17, 15) is 0 Å². The van der Waals surface area contributed by atoms with Gasteiger partial charge in [-0.15, -0.1) is 0 Å². The van der Waals surface area contributed by atoms with Crippen LogP contribution in [0.3, 0.4) is 0 Å². The SMILES string of the molecule is COCc1ccc(/C=C/CN)cc1Br. The number of rotatable bonds is 4. The third-order valence-electron chi connectivity index (χ3n) is 1.82. The molecule has 0 spiro atoms. The molecule has 0 saturated carbocycles. The van der Waals surface area contributed by atoms with Crippen molar-refractivity contribution in [1.82, 2.24) is 0 Å². The van der Waals surface area contributed by atoms with Crippen molar-refractivity contribution in [2.75, 3.05) is 13.7 Å². The first-order chi connectivity index (χ1) is 6.77. The van der Waals surface area contributed by atoms with Crippen LogP contribution >= 0.6 is 15.9 Å². The molecule has 1 aromatic carbocycles. The van der Waals surface area contributed by atoms with E-state index in [2.05, 4.69) is 22.0 Å². The molecule has 0 aliphatic rings. The summed E-state index contributed by atoms with van der Waals surface area (Å²) in [5, 5.41) is 0. The summed E-state index contributed by atoms with van der Waals surface area (Å²) in [5.41, 5.74) is 7.66. The van der Waals surface area contributed by atoms with E-state index >= 15 is 0 Å². The third-order valence-corrected chi connectivity index (χ3v) is 2.56. The van der Waals surface area contributed by atoms with Crippen LogP contribution in [0.4, 0.5) is 0 Å². The minimum Gasteiger partial charge on any atom is -0.380 e. The summed E-state index contributed by atoms with van der Waals surface area (Å²) >= 11 is 3.49. The lowest BCUT2D eigenvalue weighted by Crippen LogP contribution is -1.92. The van der Waals surface area contributed by atoms with Gasteiger partial charge in [0.1, 0.15) is 0 Å². The molecule has 0 saturated heterocycles. The molecule has 0 bridgehead atoms. The molecule has 0 aliphatic heterocycles. The highest BCUT2D eigenvalue weighted by Crippen LogP contribution is 2.20. The quantitative estimate of drug-likeness (QED) is 0.898. The van der Waals surface area contributed by atoms with Crippen LogP contribution in [0.2, 0.25) is 0 Å². The Kier molecular flexibility index (Phi) is 4.87. The van der Waals surface area contributed by atoms with Crippen molar-refractivity contribution < 1.29 is 4.74 Å². The Morgan fingerprint density at radius 3 is 2.86 bits per heavy atom. The summed E-state index contributed by atoms with van der Waals surface area (Å²) in [6, 6.07) is 6.15. The molecule has 2 nitrogen and oxygen atoms in total. The van der Waals surface area contributed by atoms with E-state index in [1.807, 2.05) is 24.3 Å². The topological polar surface area (TPSA) is 35.2 Å². The van der Waals surface area contributed by atoms with Crippen LogP contribution in [-0.4, -0.2) is 13.7 Å². The molecule has 1 rings (SSSR count). The molecular formula is C11H14BrNO. The van der Waals surface area contributed by atoms with E-state index < -0.39 is 0 Å². The summed E-state index contributed by atoms with van der Waals surface area (Å²) in [6.45, 7) is 1.19. The number of halogens is 1. The van der Waals surface area contributed by atoms with Gasteiger partial charge in [-0.3, -0.25) is 0 Å². The van der Waals surface area contributed by atoms with Gasteiger partial charge < -0.3 is 10.5 Å². The van der Waals surface area contributed by atoms with E-state index in [1.165, 1.54) is 0 Å². The van der Waals surface area contributed by atoms with Gasteiger partial charge in [0.15, 0.2) is 0 Å². The van der Waals surface area contributed by atoms with Gasteiger partial charge >= 0.3 is 0 Å². The summed E-state index contributed by atoms with van der Waals surface area (Å²) in [6.07, 6.45) is 3.93. The maximum Gasteiger partial charge on any atom is 0.0724 e. The largest absolute Gasteiger partial charge is 0.380 e. The highest BCUT2D eigenvalue weighted by Gasteiger charge is 1.98. The molecule has 14 heavy (non-hydrogen) atoms. The number of benzene rings is 1. The van der Waals surface area contributed by atoms with Crippen LogP contribution < -0.4 is 5.73 Å². The van der Waals surface area contributed by atoms with Crippen molar-refractivity contribution in [2.45, 2.75) is 6.61 Å². The van der Waals surface area contributed by atoms with E-state index in [4.69, 9.17) is 10.5 Å². The zero-order chi connectivity index (χ0) is 10.4. The van der Waals surface area contributed by atoms with Crippen molar-refractivity contribution in [3.05, 3.63) is 39.9 Å². The first-order valence-electron chi connectivity index (χ1n) is 4.42. The maximum atomic E-state index is 5.37. The van der Waals surface area contributed by atoms with Gasteiger partial charge in [0, 0.05) is 18.1 Å². The van der Waals surface area contributed by atoms with Crippen LogP contribution in [0.25, 0.3) is 6.08 Å². The van der Waals surface area contributed by atoms with Crippen LogP contribution in [0.5, 0.6) is 0 Å². The number of nitrogens with two attached hydrogens (primary N) is 1. The standard InChI is InChI=1S/C11H14BrNO/c1-14-8-10-5-4-9(3-2-6-13)7-11(10)12/h2-5,7H,6,8,13H2,1H3/b3-2+. The zero-order valence-corrected chi connectivity index (χ0v) is 9.75. The second-order valence-corrected chi connectivity index (χ2v) is 3.78. The van der Waals surface area contributed by atoms with Crippen molar-refractivity contribution in [3.8, 4) is 0 Å². The first-order valence-corrected chi connectivity index (χ1v) is 5.21. The van der Waals surface area contributed by atoms with E-state index in [0.717, 1.165) is 15.6 Å². The number of ether oxygens (including phenoxy) is 1. The Bertz CT molecular complexity index is 323. The fourth-order valence-corrected chi connectivity index (χ4v) is 1.65.